The van der Waals surface area contributed by atoms with Gasteiger partial charge in [-0.3, -0.25) is 0 Å². The van der Waals surface area contributed by atoms with Crippen LogP contribution in [-0.4, -0.2) is 36.1 Å². The second-order valence-electron chi connectivity index (χ2n) is 5.00. The lowest BCUT2D eigenvalue weighted by molar-refractivity contribution is 0.205. The summed E-state index contributed by atoms with van der Waals surface area (Å²) in [6.07, 6.45) is 5.14. The molecule has 1 fully saturated rings. The van der Waals surface area contributed by atoms with E-state index in [1.54, 1.807) is 0 Å². The number of rotatable bonds is 6. The van der Waals surface area contributed by atoms with Crippen LogP contribution in [0.5, 0.6) is 5.75 Å². The Bertz CT molecular complexity index is 416. The summed E-state index contributed by atoms with van der Waals surface area (Å²) in [6, 6.07) is 7.68. The lowest BCUT2D eigenvalue weighted by Gasteiger charge is -2.26. The number of ether oxygens (including phenoxy) is 1. The van der Waals surface area contributed by atoms with Crippen molar-refractivity contribution in [2.75, 3.05) is 26.2 Å². The van der Waals surface area contributed by atoms with Crippen LogP contribution in [0.2, 0.25) is 0 Å². The summed E-state index contributed by atoms with van der Waals surface area (Å²) in [4.78, 5) is 2.94. The normalized spacial score (nSPS) is 16.2. The van der Waals surface area contributed by atoms with Crippen LogP contribution in [0.3, 0.4) is 0 Å². The highest BCUT2D eigenvalue weighted by molar-refractivity contribution is 7.80. The van der Waals surface area contributed by atoms with Crippen LogP contribution >= 0.6 is 12.2 Å². The molecule has 2 N–H and O–H groups in total. The summed E-state index contributed by atoms with van der Waals surface area (Å²) in [5.41, 5.74) is 6.47. The number of nitrogens with zero attached hydrogens (tertiary/aromatic N) is 1. The number of likely N-dealkylation sites (tertiary alicyclic amines) is 1. The summed E-state index contributed by atoms with van der Waals surface area (Å²) in [5.74, 6) is 0.851. The molecule has 1 aliphatic heterocycles. The van der Waals surface area contributed by atoms with E-state index in [2.05, 4.69) is 4.90 Å². The molecular weight excluding hydrogens is 256 g/mol. The minimum absolute atomic E-state index is 0.416. The lowest BCUT2D eigenvalue weighted by atomic mass is 10.1. The maximum Gasteiger partial charge on any atom is 0.119 e. The molecule has 104 valence electrons. The largest absolute Gasteiger partial charge is 0.494 e. The zero-order valence-corrected chi connectivity index (χ0v) is 12.1. The first-order valence-electron chi connectivity index (χ1n) is 7.01. The van der Waals surface area contributed by atoms with Crippen LogP contribution in [0.25, 0.3) is 0 Å². The molecule has 0 saturated carbocycles. The van der Waals surface area contributed by atoms with Crippen LogP contribution in [0.1, 0.15) is 31.2 Å². The zero-order chi connectivity index (χ0) is 13.5. The average Bonchev–Trinajstić information content (AvgIpc) is 2.45. The molecule has 0 atom stereocenters. The summed E-state index contributed by atoms with van der Waals surface area (Å²) in [7, 11) is 0. The Balaban J connectivity index is 1.70. The summed E-state index contributed by atoms with van der Waals surface area (Å²) >= 11 is 4.96. The second-order valence-corrected chi connectivity index (χ2v) is 5.44. The predicted octanol–water partition coefficient (Wildman–Crippen LogP) is 2.58. The maximum atomic E-state index is 5.75. The van der Waals surface area contributed by atoms with Gasteiger partial charge in [0.25, 0.3) is 0 Å². The van der Waals surface area contributed by atoms with Crippen LogP contribution < -0.4 is 10.5 Å². The zero-order valence-electron chi connectivity index (χ0n) is 11.3. The van der Waals surface area contributed by atoms with Crippen molar-refractivity contribution in [2.24, 2.45) is 5.73 Å². The molecule has 0 aliphatic carbocycles. The molecule has 2 rings (SSSR count). The average molecular weight is 278 g/mol. The van der Waals surface area contributed by atoms with Gasteiger partial charge in [-0.15, -0.1) is 0 Å². The van der Waals surface area contributed by atoms with Crippen LogP contribution in [0, 0.1) is 0 Å². The van der Waals surface area contributed by atoms with Gasteiger partial charge in [0.2, 0.25) is 0 Å². The molecule has 4 heteroatoms. The van der Waals surface area contributed by atoms with Crippen molar-refractivity contribution in [2.45, 2.75) is 25.7 Å². The molecule has 1 saturated heterocycles. The Morgan fingerprint density at radius 2 is 2.05 bits per heavy atom. The Hall–Kier alpha value is -1.13. The topological polar surface area (TPSA) is 38.5 Å². The third-order valence-electron chi connectivity index (χ3n) is 3.45. The van der Waals surface area contributed by atoms with Gasteiger partial charge < -0.3 is 15.4 Å². The molecule has 1 aromatic carbocycles. The number of nitrogens with two attached hydrogens (primary N) is 1. The molecular formula is C15H22N2OS. The first kappa shape index (κ1) is 14.3. The first-order valence-corrected chi connectivity index (χ1v) is 7.41. The highest BCUT2D eigenvalue weighted by Crippen LogP contribution is 2.14. The highest BCUT2D eigenvalue weighted by atomic mass is 32.1. The van der Waals surface area contributed by atoms with E-state index in [0.717, 1.165) is 30.9 Å². The molecule has 1 aromatic rings. The van der Waals surface area contributed by atoms with Gasteiger partial charge >= 0.3 is 0 Å². The number of piperidine rings is 1. The molecule has 1 aliphatic rings. The predicted molar refractivity (Wildman–Crippen MR) is 82.7 cm³/mol. The van der Waals surface area contributed by atoms with Crippen molar-refractivity contribution in [3.8, 4) is 5.75 Å². The standard InChI is InChI=1S/C15H22N2OS/c16-15(19)13-6-4-7-14(12-13)18-11-5-10-17-8-2-1-3-9-17/h4,6-7,12H,1-3,5,8-11H2,(H2,16,19). The number of hydrogen-bond donors (Lipinski definition) is 1. The Kier molecular flexibility index (Phi) is 5.61. The van der Waals surface area contributed by atoms with Gasteiger partial charge in [0.05, 0.1) is 6.61 Å². The fourth-order valence-electron chi connectivity index (χ4n) is 2.40. The molecule has 0 radical (unpaired) electrons. The fraction of sp³-hybridized carbons (Fsp3) is 0.533. The van der Waals surface area contributed by atoms with Gasteiger partial charge in [-0.1, -0.05) is 30.8 Å². The van der Waals surface area contributed by atoms with Gasteiger partial charge in [-0.25, -0.2) is 0 Å². The molecule has 3 nitrogen and oxygen atoms in total. The molecule has 19 heavy (non-hydrogen) atoms. The van der Waals surface area contributed by atoms with Crippen molar-refractivity contribution in [1.82, 2.24) is 4.90 Å². The van der Waals surface area contributed by atoms with Crippen molar-refractivity contribution < 1.29 is 4.74 Å². The number of thiocarbonyl (C=S) groups is 1. The van der Waals surface area contributed by atoms with Crippen molar-refractivity contribution in [3.63, 3.8) is 0 Å². The van der Waals surface area contributed by atoms with Crippen LogP contribution in [0.4, 0.5) is 0 Å². The van der Waals surface area contributed by atoms with Gasteiger partial charge in [-0.05, 0) is 44.5 Å². The van der Waals surface area contributed by atoms with Crippen molar-refractivity contribution >= 4 is 17.2 Å². The lowest BCUT2D eigenvalue weighted by Crippen LogP contribution is -2.31. The van der Waals surface area contributed by atoms with E-state index in [-0.39, 0.29) is 0 Å². The molecule has 0 spiro atoms. The second kappa shape index (κ2) is 7.46. The SMILES string of the molecule is NC(=S)c1cccc(OCCCN2CCCCC2)c1. The van der Waals surface area contributed by atoms with Crippen molar-refractivity contribution in [1.29, 1.82) is 0 Å². The van der Waals surface area contributed by atoms with Gasteiger partial charge in [0, 0.05) is 12.1 Å². The quantitative estimate of drug-likeness (QED) is 0.641. The van der Waals surface area contributed by atoms with E-state index in [9.17, 15) is 0 Å². The first-order chi connectivity index (χ1) is 9.25. The number of hydrogen-bond acceptors (Lipinski definition) is 3. The highest BCUT2D eigenvalue weighted by Gasteiger charge is 2.09. The minimum atomic E-state index is 0.416. The Morgan fingerprint density at radius 1 is 1.26 bits per heavy atom. The molecule has 1 heterocycles. The van der Waals surface area contributed by atoms with E-state index >= 15 is 0 Å². The monoisotopic (exact) mass is 278 g/mol. The Labute approximate surface area is 120 Å². The molecule has 0 bridgehead atoms. The summed E-state index contributed by atoms with van der Waals surface area (Å²) in [6.45, 7) is 4.38. The number of benzene rings is 1. The molecule has 0 aromatic heterocycles. The van der Waals surface area contributed by atoms with E-state index in [1.165, 1.54) is 32.4 Å². The third kappa shape index (κ3) is 4.80. The minimum Gasteiger partial charge on any atom is -0.494 e. The van der Waals surface area contributed by atoms with E-state index in [4.69, 9.17) is 22.7 Å². The van der Waals surface area contributed by atoms with Gasteiger partial charge in [0.15, 0.2) is 0 Å². The van der Waals surface area contributed by atoms with E-state index < -0.39 is 0 Å². The molecule has 0 amide bonds. The van der Waals surface area contributed by atoms with E-state index in [0.29, 0.717) is 4.99 Å². The van der Waals surface area contributed by atoms with Crippen LogP contribution in [-0.2, 0) is 0 Å². The fourth-order valence-corrected chi connectivity index (χ4v) is 2.53. The maximum absolute atomic E-state index is 5.75. The smallest absolute Gasteiger partial charge is 0.119 e. The third-order valence-corrected chi connectivity index (χ3v) is 3.69. The summed E-state index contributed by atoms with van der Waals surface area (Å²) in [5, 5.41) is 0. The summed E-state index contributed by atoms with van der Waals surface area (Å²) < 4.78 is 5.75. The van der Waals surface area contributed by atoms with E-state index in [1.807, 2.05) is 24.3 Å². The van der Waals surface area contributed by atoms with Crippen LogP contribution in [0.15, 0.2) is 24.3 Å². The van der Waals surface area contributed by atoms with Crippen molar-refractivity contribution in [3.05, 3.63) is 29.8 Å². The van der Waals surface area contributed by atoms with Gasteiger partial charge in [0.1, 0.15) is 10.7 Å². The van der Waals surface area contributed by atoms with Gasteiger partial charge in [-0.2, -0.15) is 0 Å². The Morgan fingerprint density at radius 3 is 2.79 bits per heavy atom. The molecule has 0 unspecified atom stereocenters.